The van der Waals surface area contributed by atoms with Crippen LogP contribution in [0, 0.1) is 5.82 Å². The molecule has 1 aliphatic rings. The fraction of sp³-hybridized carbons (Fsp3) is 0.211. The molecule has 5 nitrogen and oxygen atoms in total. The standard InChI is InChI=1S/C19H15ClFNO4/c20-14-3-1-4-15(21)18(14)19(25)26-11-16(23)12-6-8-13(9-7-12)22-10-2-5-17(22)24/h1,3-4,6-9H,2,5,10-11H2. The molecule has 1 saturated heterocycles. The highest BCUT2D eigenvalue weighted by atomic mass is 35.5. The second kappa shape index (κ2) is 7.66. The number of anilines is 1. The van der Waals surface area contributed by atoms with E-state index in [9.17, 15) is 18.8 Å². The third-order valence-corrected chi connectivity index (χ3v) is 4.39. The Kier molecular flexibility index (Phi) is 5.32. The number of hydrogen-bond donors (Lipinski definition) is 0. The van der Waals surface area contributed by atoms with E-state index in [0.717, 1.165) is 18.2 Å². The van der Waals surface area contributed by atoms with Gasteiger partial charge in [0, 0.05) is 24.2 Å². The average molecular weight is 376 g/mol. The van der Waals surface area contributed by atoms with E-state index in [1.807, 2.05) is 0 Å². The van der Waals surface area contributed by atoms with Gasteiger partial charge in [-0.05, 0) is 42.8 Å². The van der Waals surface area contributed by atoms with Crippen LogP contribution in [0.2, 0.25) is 5.02 Å². The number of benzene rings is 2. The topological polar surface area (TPSA) is 63.7 Å². The highest BCUT2D eigenvalue weighted by Gasteiger charge is 2.22. The summed E-state index contributed by atoms with van der Waals surface area (Å²) >= 11 is 5.79. The van der Waals surface area contributed by atoms with Gasteiger partial charge in [-0.2, -0.15) is 0 Å². The molecule has 1 fully saturated rings. The van der Waals surface area contributed by atoms with Gasteiger partial charge in [0.2, 0.25) is 5.91 Å². The molecule has 1 heterocycles. The van der Waals surface area contributed by atoms with Gasteiger partial charge in [-0.3, -0.25) is 9.59 Å². The fourth-order valence-electron chi connectivity index (χ4n) is 2.73. The Morgan fingerprint density at radius 2 is 1.88 bits per heavy atom. The molecule has 0 bridgehead atoms. The minimum atomic E-state index is -0.999. The van der Waals surface area contributed by atoms with Crippen LogP contribution in [-0.2, 0) is 9.53 Å². The minimum Gasteiger partial charge on any atom is -0.454 e. The van der Waals surface area contributed by atoms with Crippen molar-refractivity contribution in [1.82, 2.24) is 0 Å². The number of carbonyl (C=O) groups is 3. The van der Waals surface area contributed by atoms with Gasteiger partial charge in [0.05, 0.1) is 5.02 Å². The first-order valence-electron chi connectivity index (χ1n) is 8.02. The number of amides is 1. The van der Waals surface area contributed by atoms with E-state index < -0.39 is 29.7 Å². The molecule has 26 heavy (non-hydrogen) atoms. The van der Waals surface area contributed by atoms with E-state index >= 15 is 0 Å². The molecule has 0 unspecified atom stereocenters. The van der Waals surface area contributed by atoms with Crippen LogP contribution in [-0.4, -0.2) is 30.8 Å². The van der Waals surface area contributed by atoms with Gasteiger partial charge in [-0.25, -0.2) is 9.18 Å². The largest absolute Gasteiger partial charge is 0.454 e. The molecule has 2 aromatic rings. The Hall–Kier alpha value is -2.73. The number of hydrogen-bond acceptors (Lipinski definition) is 4. The first-order valence-corrected chi connectivity index (χ1v) is 8.40. The Bertz CT molecular complexity index is 846. The second-order valence-electron chi connectivity index (χ2n) is 5.79. The molecule has 0 radical (unpaired) electrons. The summed E-state index contributed by atoms with van der Waals surface area (Å²) in [5.74, 6) is -2.19. The summed E-state index contributed by atoms with van der Waals surface area (Å²) in [6.45, 7) is 0.124. The molecule has 0 atom stereocenters. The fourth-order valence-corrected chi connectivity index (χ4v) is 2.97. The van der Waals surface area contributed by atoms with Gasteiger partial charge in [0.1, 0.15) is 11.4 Å². The lowest BCUT2D eigenvalue weighted by Crippen LogP contribution is -2.23. The summed E-state index contributed by atoms with van der Waals surface area (Å²) in [5.41, 5.74) is 0.650. The number of Topliss-reactive ketones (excluding diaryl/α,β-unsaturated/α-hetero) is 1. The number of ether oxygens (including phenoxy) is 1. The first-order chi connectivity index (χ1) is 12.5. The van der Waals surface area contributed by atoms with Crippen LogP contribution in [0.1, 0.15) is 33.6 Å². The monoisotopic (exact) mass is 375 g/mol. The van der Waals surface area contributed by atoms with Gasteiger partial charge >= 0.3 is 5.97 Å². The summed E-state index contributed by atoms with van der Waals surface area (Å²) in [5, 5.41) is -0.0814. The van der Waals surface area contributed by atoms with Gasteiger partial charge in [0.15, 0.2) is 12.4 Å². The Morgan fingerprint density at radius 3 is 2.50 bits per heavy atom. The van der Waals surface area contributed by atoms with Gasteiger partial charge < -0.3 is 9.64 Å². The molecule has 0 N–H and O–H groups in total. The zero-order valence-corrected chi connectivity index (χ0v) is 14.5. The first kappa shape index (κ1) is 18.1. The zero-order chi connectivity index (χ0) is 18.7. The molecule has 0 spiro atoms. The summed E-state index contributed by atoms with van der Waals surface area (Å²) in [7, 11) is 0. The molecule has 0 aliphatic carbocycles. The van der Waals surface area contributed by atoms with Crippen LogP contribution in [0.4, 0.5) is 10.1 Å². The van der Waals surface area contributed by atoms with Crippen LogP contribution in [0.5, 0.6) is 0 Å². The van der Waals surface area contributed by atoms with E-state index in [1.54, 1.807) is 29.2 Å². The summed E-state index contributed by atoms with van der Waals surface area (Å²) in [6, 6.07) is 10.3. The number of nitrogens with zero attached hydrogens (tertiary/aromatic N) is 1. The van der Waals surface area contributed by atoms with E-state index in [-0.39, 0.29) is 10.9 Å². The second-order valence-corrected chi connectivity index (χ2v) is 6.20. The van der Waals surface area contributed by atoms with E-state index in [4.69, 9.17) is 16.3 Å². The van der Waals surface area contributed by atoms with Crippen molar-refractivity contribution >= 4 is 34.9 Å². The van der Waals surface area contributed by atoms with E-state index in [0.29, 0.717) is 18.5 Å². The highest BCUT2D eigenvalue weighted by molar-refractivity contribution is 6.33. The highest BCUT2D eigenvalue weighted by Crippen LogP contribution is 2.22. The summed E-state index contributed by atoms with van der Waals surface area (Å²) in [6.07, 6.45) is 1.34. The van der Waals surface area contributed by atoms with Crippen molar-refractivity contribution in [3.63, 3.8) is 0 Å². The molecular weight excluding hydrogens is 361 g/mol. The molecule has 0 aromatic heterocycles. The molecule has 0 saturated carbocycles. The van der Waals surface area contributed by atoms with Crippen molar-refractivity contribution in [2.24, 2.45) is 0 Å². The van der Waals surface area contributed by atoms with Crippen LogP contribution in [0.15, 0.2) is 42.5 Å². The molecule has 1 aliphatic heterocycles. The normalized spacial score (nSPS) is 13.8. The summed E-state index contributed by atoms with van der Waals surface area (Å²) in [4.78, 5) is 37.5. The molecule has 134 valence electrons. The lowest BCUT2D eigenvalue weighted by Gasteiger charge is -2.15. The zero-order valence-electron chi connectivity index (χ0n) is 13.7. The Morgan fingerprint density at radius 1 is 1.15 bits per heavy atom. The predicted molar refractivity (Wildman–Crippen MR) is 94.1 cm³/mol. The van der Waals surface area contributed by atoms with Crippen molar-refractivity contribution in [2.75, 3.05) is 18.1 Å². The Labute approximate surface area is 154 Å². The van der Waals surface area contributed by atoms with Gasteiger partial charge in [-0.1, -0.05) is 17.7 Å². The lowest BCUT2D eigenvalue weighted by atomic mass is 10.1. The smallest absolute Gasteiger partial charge is 0.343 e. The van der Waals surface area contributed by atoms with Gasteiger partial charge in [0.25, 0.3) is 0 Å². The van der Waals surface area contributed by atoms with E-state index in [1.165, 1.54) is 12.1 Å². The predicted octanol–water partition coefficient (Wildman–Crippen LogP) is 3.65. The van der Waals surface area contributed by atoms with Crippen LogP contribution >= 0.6 is 11.6 Å². The van der Waals surface area contributed by atoms with Crippen LogP contribution in [0.3, 0.4) is 0 Å². The third kappa shape index (κ3) is 3.75. The number of esters is 1. The quantitative estimate of drug-likeness (QED) is 0.591. The van der Waals surface area contributed by atoms with Crippen molar-refractivity contribution in [3.05, 3.63) is 64.4 Å². The van der Waals surface area contributed by atoms with Gasteiger partial charge in [-0.15, -0.1) is 0 Å². The molecule has 7 heteroatoms. The molecule has 2 aromatic carbocycles. The maximum absolute atomic E-state index is 13.7. The van der Waals surface area contributed by atoms with E-state index in [2.05, 4.69) is 0 Å². The molecule has 1 amide bonds. The minimum absolute atomic E-state index is 0.0553. The number of ketones is 1. The van der Waals surface area contributed by atoms with Crippen molar-refractivity contribution in [2.45, 2.75) is 12.8 Å². The molecule has 3 rings (SSSR count). The molecular formula is C19H15ClFNO4. The van der Waals surface area contributed by atoms with Crippen LogP contribution < -0.4 is 4.90 Å². The lowest BCUT2D eigenvalue weighted by molar-refractivity contribution is -0.117. The number of carbonyl (C=O) groups excluding carboxylic acids is 3. The van der Waals surface area contributed by atoms with Crippen molar-refractivity contribution in [3.8, 4) is 0 Å². The Balaban J connectivity index is 1.63. The maximum Gasteiger partial charge on any atom is 0.343 e. The van der Waals surface area contributed by atoms with Crippen LogP contribution in [0.25, 0.3) is 0 Å². The SMILES string of the molecule is O=C(COC(=O)c1c(F)cccc1Cl)c1ccc(N2CCCC2=O)cc1. The third-order valence-electron chi connectivity index (χ3n) is 4.08. The maximum atomic E-state index is 13.7. The average Bonchev–Trinajstić information content (AvgIpc) is 3.05. The number of rotatable bonds is 5. The number of halogens is 2. The van der Waals surface area contributed by atoms with Crippen molar-refractivity contribution in [1.29, 1.82) is 0 Å². The van der Waals surface area contributed by atoms with Crippen molar-refractivity contribution < 1.29 is 23.5 Å². The summed E-state index contributed by atoms with van der Waals surface area (Å²) < 4.78 is 18.5.